The summed E-state index contributed by atoms with van der Waals surface area (Å²) in [7, 11) is 1.96. The van der Waals surface area contributed by atoms with Gasteiger partial charge in [0.15, 0.2) is 0 Å². The summed E-state index contributed by atoms with van der Waals surface area (Å²) in [6, 6.07) is 12.4. The Kier molecular flexibility index (Phi) is 4.41. The Hall–Kier alpha value is -1.86. The van der Waals surface area contributed by atoms with Crippen molar-refractivity contribution in [3.05, 3.63) is 57.2 Å². The van der Waals surface area contributed by atoms with E-state index in [4.69, 9.17) is 0 Å². The van der Waals surface area contributed by atoms with Crippen LogP contribution in [-0.4, -0.2) is 12.0 Å². The molecular weight excluding hydrogens is 314 g/mol. The van der Waals surface area contributed by atoms with Crippen molar-refractivity contribution < 1.29 is 0 Å². The second-order valence-electron chi connectivity index (χ2n) is 4.87. The van der Waals surface area contributed by atoms with Gasteiger partial charge in [-0.25, -0.2) is 4.98 Å². The molecule has 0 N–H and O–H groups in total. The number of pyridine rings is 1. The average molecular weight is 330 g/mol. The van der Waals surface area contributed by atoms with Gasteiger partial charge in [-0.15, -0.1) is 0 Å². The molecule has 0 radical (unpaired) electrons. The molecule has 2 aromatic rings. The minimum Gasteiger partial charge on any atom is -0.354 e. The Morgan fingerprint density at radius 3 is 2.50 bits per heavy atom. The third kappa shape index (κ3) is 3.17. The lowest BCUT2D eigenvalue weighted by Crippen LogP contribution is -2.19. The third-order valence-corrected chi connectivity index (χ3v) is 3.66. The summed E-state index contributed by atoms with van der Waals surface area (Å²) in [4.78, 5) is 6.53. The van der Waals surface area contributed by atoms with Crippen molar-refractivity contribution in [2.45, 2.75) is 20.4 Å². The van der Waals surface area contributed by atoms with Gasteiger partial charge in [0.1, 0.15) is 11.9 Å². The quantitative estimate of drug-likeness (QED) is 0.855. The fourth-order valence-electron chi connectivity index (χ4n) is 2.17. The van der Waals surface area contributed by atoms with E-state index in [0.29, 0.717) is 5.56 Å². The number of hydrogen-bond donors (Lipinski definition) is 0. The van der Waals surface area contributed by atoms with Crippen LogP contribution in [0.3, 0.4) is 0 Å². The molecule has 0 bridgehead atoms. The van der Waals surface area contributed by atoms with Crippen LogP contribution in [0.2, 0.25) is 0 Å². The highest BCUT2D eigenvalue weighted by Gasteiger charge is 2.13. The fraction of sp³-hybridized carbons (Fsp3) is 0.250. The van der Waals surface area contributed by atoms with Crippen molar-refractivity contribution >= 4 is 21.7 Å². The van der Waals surface area contributed by atoms with Gasteiger partial charge in [-0.05, 0) is 43.2 Å². The molecule has 1 heterocycles. The van der Waals surface area contributed by atoms with Gasteiger partial charge in [-0.3, -0.25) is 0 Å². The number of rotatable bonds is 3. The lowest BCUT2D eigenvalue weighted by molar-refractivity contribution is 0.886. The van der Waals surface area contributed by atoms with Crippen LogP contribution in [0.4, 0.5) is 5.82 Å². The standard InChI is InChI=1S/C16H16BrN3/c1-11-8-12(2)19-16(15(11)9-18)20(3)10-13-4-6-14(17)7-5-13/h4-8H,10H2,1-3H3. The molecule has 0 amide bonds. The van der Waals surface area contributed by atoms with Gasteiger partial charge < -0.3 is 4.90 Å². The van der Waals surface area contributed by atoms with E-state index in [1.165, 1.54) is 5.56 Å². The zero-order chi connectivity index (χ0) is 14.7. The number of hydrogen-bond acceptors (Lipinski definition) is 3. The number of aromatic nitrogens is 1. The van der Waals surface area contributed by atoms with Crippen molar-refractivity contribution in [2.75, 3.05) is 11.9 Å². The molecule has 0 saturated carbocycles. The van der Waals surface area contributed by atoms with Gasteiger partial charge >= 0.3 is 0 Å². The number of halogens is 1. The molecule has 0 atom stereocenters. The van der Waals surface area contributed by atoms with Crippen LogP contribution in [0.5, 0.6) is 0 Å². The van der Waals surface area contributed by atoms with Crippen molar-refractivity contribution in [1.82, 2.24) is 4.98 Å². The molecule has 102 valence electrons. The second kappa shape index (κ2) is 6.06. The van der Waals surface area contributed by atoms with Crippen LogP contribution in [0, 0.1) is 25.2 Å². The molecule has 1 aromatic heterocycles. The average Bonchev–Trinajstić information content (AvgIpc) is 2.40. The van der Waals surface area contributed by atoms with Crippen LogP contribution in [0.25, 0.3) is 0 Å². The van der Waals surface area contributed by atoms with Crippen LogP contribution >= 0.6 is 15.9 Å². The Morgan fingerprint density at radius 2 is 1.90 bits per heavy atom. The molecule has 2 rings (SSSR count). The largest absolute Gasteiger partial charge is 0.354 e. The molecule has 0 aliphatic carbocycles. The highest BCUT2D eigenvalue weighted by atomic mass is 79.9. The predicted molar refractivity (Wildman–Crippen MR) is 84.7 cm³/mol. The van der Waals surface area contributed by atoms with E-state index in [1.807, 2.05) is 44.0 Å². The summed E-state index contributed by atoms with van der Waals surface area (Å²) in [5.74, 6) is 0.743. The monoisotopic (exact) mass is 329 g/mol. The van der Waals surface area contributed by atoms with Crippen LogP contribution in [0.1, 0.15) is 22.4 Å². The van der Waals surface area contributed by atoms with Gasteiger partial charge in [0.2, 0.25) is 0 Å². The molecule has 3 nitrogen and oxygen atoms in total. The molecule has 1 aromatic carbocycles. The van der Waals surface area contributed by atoms with E-state index in [1.54, 1.807) is 0 Å². The Balaban J connectivity index is 2.32. The fourth-order valence-corrected chi connectivity index (χ4v) is 2.43. The third-order valence-electron chi connectivity index (χ3n) is 3.13. The number of benzene rings is 1. The normalized spacial score (nSPS) is 10.2. The minimum atomic E-state index is 0.648. The summed E-state index contributed by atoms with van der Waals surface area (Å²) >= 11 is 3.43. The number of anilines is 1. The van der Waals surface area contributed by atoms with E-state index in [0.717, 1.165) is 28.1 Å². The maximum absolute atomic E-state index is 9.32. The minimum absolute atomic E-state index is 0.648. The summed E-state index contributed by atoms with van der Waals surface area (Å²) in [5.41, 5.74) is 3.73. The van der Waals surface area contributed by atoms with Crippen molar-refractivity contribution in [3.8, 4) is 6.07 Å². The van der Waals surface area contributed by atoms with Gasteiger partial charge in [0, 0.05) is 23.8 Å². The van der Waals surface area contributed by atoms with Gasteiger partial charge in [0.25, 0.3) is 0 Å². The van der Waals surface area contributed by atoms with Crippen molar-refractivity contribution in [2.24, 2.45) is 0 Å². The highest BCUT2D eigenvalue weighted by Crippen LogP contribution is 2.22. The van der Waals surface area contributed by atoms with Crippen molar-refractivity contribution in [3.63, 3.8) is 0 Å². The van der Waals surface area contributed by atoms with E-state index in [9.17, 15) is 5.26 Å². The molecular formula is C16H16BrN3. The number of nitriles is 1. The Bertz CT molecular complexity index is 657. The van der Waals surface area contributed by atoms with E-state index < -0.39 is 0 Å². The first-order valence-corrected chi connectivity index (χ1v) is 7.14. The molecule has 0 fully saturated rings. The molecule has 0 spiro atoms. The highest BCUT2D eigenvalue weighted by molar-refractivity contribution is 9.10. The first-order chi connectivity index (χ1) is 9.51. The summed E-state index contributed by atoms with van der Waals surface area (Å²) in [5, 5.41) is 9.32. The van der Waals surface area contributed by atoms with Gasteiger partial charge in [-0.1, -0.05) is 28.1 Å². The summed E-state index contributed by atoms with van der Waals surface area (Å²) < 4.78 is 1.06. The Labute approximate surface area is 128 Å². The van der Waals surface area contributed by atoms with E-state index >= 15 is 0 Å². The maximum Gasteiger partial charge on any atom is 0.147 e. The van der Waals surface area contributed by atoms with E-state index in [2.05, 4.69) is 39.1 Å². The summed E-state index contributed by atoms with van der Waals surface area (Å²) in [6.45, 7) is 4.62. The molecule has 4 heteroatoms. The number of aryl methyl sites for hydroxylation is 2. The first-order valence-electron chi connectivity index (χ1n) is 6.35. The van der Waals surface area contributed by atoms with Gasteiger partial charge in [0.05, 0.1) is 5.56 Å². The second-order valence-corrected chi connectivity index (χ2v) is 5.79. The Morgan fingerprint density at radius 1 is 1.25 bits per heavy atom. The molecule has 0 aliphatic heterocycles. The lowest BCUT2D eigenvalue weighted by Gasteiger charge is -2.21. The molecule has 0 unspecified atom stereocenters. The first kappa shape index (κ1) is 14.5. The topological polar surface area (TPSA) is 39.9 Å². The smallest absolute Gasteiger partial charge is 0.147 e. The lowest BCUT2D eigenvalue weighted by atomic mass is 10.1. The summed E-state index contributed by atoms with van der Waals surface area (Å²) in [6.07, 6.45) is 0. The predicted octanol–water partition coefficient (Wildman–Crippen LogP) is 3.97. The SMILES string of the molecule is Cc1cc(C)c(C#N)c(N(C)Cc2ccc(Br)cc2)n1. The molecule has 20 heavy (non-hydrogen) atoms. The van der Waals surface area contributed by atoms with Crippen LogP contribution < -0.4 is 4.90 Å². The molecule has 0 aliphatic rings. The van der Waals surface area contributed by atoms with Crippen LogP contribution in [0.15, 0.2) is 34.8 Å². The van der Waals surface area contributed by atoms with Crippen molar-refractivity contribution in [1.29, 1.82) is 5.26 Å². The maximum atomic E-state index is 9.32. The zero-order valence-corrected chi connectivity index (χ0v) is 13.4. The van der Waals surface area contributed by atoms with Crippen LogP contribution in [-0.2, 0) is 6.54 Å². The zero-order valence-electron chi connectivity index (χ0n) is 11.8. The molecule has 0 saturated heterocycles. The number of nitrogens with zero attached hydrogens (tertiary/aromatic N) is 3. The van der Waals surface area contributed by atoms with E-state index in [-0.39, 0.29) is 0 Å². The van der Waals surface area contributed by atoms with Gasteiger partial charge in [-0.2, -0.15) is 5.26 Å².